The zero-order valence-electron chi connectivity index (χ0n) is 12.1. The van der Waals surface area contributed by atoms with Gasteiger partial charge >= 0.3 is 11.9 Å². The molecule has 1 aromatic rings. The van der Waals surface area contributed by atoms with Crippen LogP contribution in [0.4, 0.5) is 14.5 Å². The predicted molar refractivity (Wildman–Crippen MR) is 74.5 cm³/mol. The number of hydrogen-bond acceptors (Lipinski definition) is 5. The molecule has 1 saturated carbocycles. The first-order valence-electron chi connectivity index (χ1n) is 6.50. The van der Waals surface area contributed by atoms with Gasteiger partial charge in [-0.15, -0.1) is 0 Å². The Morgan fingerprint density at radius 3 is 2.55 bits per heavy atom. The Balaban J connectivity index is 2.20. The quantitative estimate of drug-likeness (QED) is 0.668. The summed E-state index contributed by atoms with van der Waals surface area (Å²) in [6.07, 6.45) is 0.753. The molecule has 1 fully saturated rings. The van der Waals surface area contributed by atoms with E-state index in [1.807, 2.05) is 0 Å². The molecule has 0 aromatic heterocycles. The van der Waals surface area contributed by atoms with Gasteiger partial charge in [0.2, 0.25) is 0 Å². The number of carbonyl (C=O) groups is 2. The third-order valence-electron chi connectivity index (χ3n) is 3.26. The summed E-state index contributed by atoms with van der Waals surface area (Å²) in [5.74, 6) is -4.99. The molecule has 5 nitrogen and oxygen atoms in total. The third-order valence-corrected chi connectivity index (χ3v) is 3.26. The highest BCUT2D eigenvalue weighted by molar-refractivity contribution is 5.98. The van der Waals surface area contributed by atoms with E-state index in [0.717, 1.165) is 13.2 Å². The zero-order valence-corrected chi connectivity index (χ0v) is 12.1. The monoisotopic (exact) mass is 311 g/mol. The van der Waals surface area contributed by atoms with Gasteiger partial charge in [-0.05, 0) is 17.7 Å². The van der Waals surface area contributed by atoms with Crippen LogP contribution in [0.25, 0.3) is 0 Å². The number of benzene rings is 1. The fourth-order valence-electron chi connectivity index (χ4n) is 2.00. The minimum Gasteiger partial charge on any atom is -0.466 e. The van der Waals surface area contributed by atoms with E-state index in [9.17, 15) is 18.4 Å². The Bertz CT molecular complexity index is 628. The van der Waals surface area contributed by atoms with E-state index >= 15 is 0 Å². The fourth-order valence-corrected chi connectivity index (χ4v) is 2.00. The van der Waals surface area contributed by atoms with Gasteiger partial charge in [0.25, 0.3) is 5.92 Å². The van der Waals surface area contributed by atoms with Crippen LogP contribution >= 0.6 is 0 Å². The highest BCUT2D eigenvalue weighted by Crippen LogP contribution is 2.55. The van der Waals surface area contributed by atoms with Crippen molar-refractivity contribution in [2.75, 3.05) is 19.5 Å². The van der Waals surface area contributed by atoms with Gasteiger partial charge in [0.1, 0.15) is 5.70 Å². The molecular weight excluding hydrogens is 296 g/mol. The Morgan fingerprint density at radius 1 is 1.32 bits per heavy atom. The first kappa shape index (κ1) is 15.9. The predicted octanol–water partition coefficient (Wildman–Crippen LogP) is 2.45. The van der Waals surface area contributed by atoms with Crippen LogP contribution in [-0.2, 0) is 19.1 Å². The van der Waals surface area contributed by atoms with Crippen LogP contribution in [0.3, 0.4) is 0 Å². The molecule has 1 atom stereocenters. The second kappa shape index (κ2) is 6.13. The number of halogens is 2. The van der Waals surface area contributed by atoms with Crippen molar-refractivity contribution in [1.82, 2.24) is 0 Å². The molecule has 0 spiro atoms. The minimum absolute atomic E-state index is 0.144. The second-order valence-electron chi connectivity index (χ2n) is 4.84. The smallest absolute Gasteiger partial charge is 0.354 e. The highest BCUT2D eigenvalue weighted by atomic mass is 19.3. The van der Waals surface area contributed by atoms with E-state index in [-0.39, 0.29) is 12.1 Å². The summed E-state index contributed by atoms with van der Waals surface area (Å²) in [5, 5.41) is 2.69. The van der Waals surface area contributed by atoms with Crippen molar-refractivity contribution < 1.29 is 27.8 Å². The van der Waals surface area contributed by atoms with Crippen LogP contribution in [0, 0.1) is 0 Å². The van der Waals surface area contributed by atoms with Gasteiger partial charge in [-0.1, -0.05) is 12.1 Å². The first-order valence-corrected chi connectivity index (χ1v) is 6.50. The van der Waals surface area contributed by atoms with Gasteiger partial charge in [0.15, 0.2) is 0 Å². The maximum absolute atomic E-state index is 13.1. The SMILES string of the molecule is COC(=O)/C=C(/Nc1cccc(C2CC2(F)F)c1)C(=O)OC. The maximum Gasteiger partial charge on any atom is 0.354 e. The van der Waals surface area contributed by atoms with E-state index in [2.05, 4.69) is 14.8 Å². The second-order valence-corrected chi connectivity index (χ2v) is 4.84. The van der Waals surface area contributed by atoms with E-state index in [1.165, 1.54) is 13.2 Å². The molecular formula is C15H15F2NO4. The average Bonchev–Trinajstić information content (AvgIpc) is 3.14. The molecule has 0 amide bonds. The summed E-state index contributed by atoms with van der Waals surface area (Å²) in [5.41, 5.74) is 0.729. The minimum atomic E-state index is -2.67. The number of methoxy groups -OCH3 is 2. The number of hydrogen-bond donors (Lipinski definition) is 1. The van der Waals surface area contributed by atoms with E-state index in [0.29, 0.717) is 11.3 Å². The lowest BCUT2D eigenvalue weighted by Gasteiger charge is -2.10. The molecule has 2 rings (SSSR count). The van der Waals surface area contributed by atoms with Crippen LogP contribution in [0.2, 0.25) is 0 Å². The Labute approximate surface area is 125 Å². The number of nitrogens with one attached hydrogen (secondary N) is 1. The van der Waals surface area contributed by atoms with Gasteiger partial charge in [-0.25, -0.2) is 18.4 Å². The van der Waals surface area contributed by atoms with Crippen molar-refractivity contribution in [2.24, 2.45) is 0 Å². The van der Waals surface area contributed by atoms with E-state index in [1.54, 1.807) is 18.2 Å². The lowest BCUT2D eigenvalue weighted by atomic mass is 10.1. The molecule has 1 unspecified atom stereocenters. The molecule has 1 N–H and O–H groups in total. The number of carbonyl (C=O) groups excluding carboxylic acids is 2. The summed E-state index contributed by atoms with van der Waals surface area (Å²) >= 11 is 0. The van der Waals surface area contributed by atoms with Gasteiger partial charge in [-0.2, -0.15) is 0 Å². The van der Waals surface area contributed by atoms with E-state index < -0.39 is 23.8 Å². The average molecular weight is 311 g/mol. The Hall–Kier alpha value is -2.44. The van der Waals surface area contributed by atoms with Gasteiger partial charge < -0.3 is 14.8 Å². The standard InChI is InChI=1S/C15H15F2NO4/c1-21-13(19)7-12(14(20)22-2)18-10-5-3-4-9(6-10)11-8-15(11,16)17/h3-7,11,18H,8H2,1-2H3/b12-7+. The van der Waals surface area contributed by atoms with Crippen LogP contribution < -0.4 is 5.32 Å². The van der Waals surface area contributed by atoms with Crippen molar-refractivity contribution in [3.8, 4) is 0 Å². The molecule has 1 aromatic carbocycles. The molecule has 1 aliphatic carbocycles. The van der Waals surface area contributed by atoms with Crippen molar-refractivity contribution in [1.29, 1.82) is 0 Å². The number of esters is 2. The van der Waals surface area contributed by atoms with Crippen LogP contribution in [0.1, 0.15) is 17.9 Å². The molecule has 0 aliphatic heterocycles. The summed E-state index contributed by atoms with van der Waals surface area (Å²) in [6.45, 7) is 0. The van der Waals surface area contributed by atoms with Gasteiger partial charge in [0, 0.05) is 12.1 Å². The number of anilines is 1. The molecule has 1 aliphatic rings. The summed E-state index contributed by atoms with van der Waals surface area (Å²) in [7, 11) is 2.33. The van der Waals surface area contributed by atoms with E-state index in [4.69, 9.17) is 0 Å². The Kier molecular flexibility index (Phi) is 4.44. The molecule has 0 heterocycles. The lowest BCUT2D eigenvalue weighted by Crippen LogP contribution is -2.15. The number of rotatable bonds is 5. The normalized spacial score (nSPS) is 19.3. The first-order chi connectivity index (χ1) is 10.4. The molecule has 0 saturated heterocycles. The van der Waals surface area contributed by atoms with Gasteiger partial charge in [0.05, 0.1) is 26.2 Å². The van der Waals surface area contributed by atoms with Crippen LogP contribution in [-0.4, -0.2) is 32.1 Å². The molecule has 22 heavy (non-hydrogen) atoms. The highest BCUT2D eigenvalue weighted by Gasteiger charge is 2.57. The summed E-state index contributed by atoms with van der Waals surface area (Å²) in [4.78, 5) is 22.9. The molecule has 0 bridgehead atoms. The third kappa shape index (κ3) is 3.60. The summed E-state index contributed by atoms with van der Waals surface area (Å²) in [6, 6.07) is 6.30. The number of alkyl halides is 2. The number of ether oxygens (including phenoxy) is 2. The van der Waals surface area contributed by atoms with Crippen molar-refractivity contribution >= 4 is 17.6 Å². The largest absolute Gasteiger partial charge is 0.466 e. The van der Waals surface area contributed by atoms with Crippen LogP contribution in [0.5, 0.6) is 0 Å². The van der Waals surface area contributed by atoms with Crippen molar-refractivity contribution in [3.63, 3.8) is 0 Å². The van der Waals surface area contributed by atoms with Crippen LogP contribution in [0.15, 0.2) is 36.0 Å². The summed E-state index contributed by atoms with van der Waals surface area (Å²) < 4.78 is 35.2. The maximum atomic E-state index is 13.1. The molecule has 0 radical (unpaired) electrons. The van der Waals surface area contributed by atoms with Gasteiger partial charge in [-0.3, -0.25) is 0 Å². The topological polar surface area (TPSA) is 64.6 Å². The fraction of sp³-hybridized carbons (Fsp3) is 0.333. The van der Waals surface area contributed by atoms with Crippen molar-refractivity contribution in [3.05, 3.63) is 41.6 Å². The Morgan fingerprint density at radius 2 is 2.00 bits per heavy atom. The lowest BCUT2D eigenvalue weighted by molar-refractivity contribution is -0.138. The molecule has 7 heteroatoms. The van der Waals surface area contributed by atoms with Crippen molar-refractivity contribution in [2.45, 2.75) is 18.3 Å². The zero-order chi connectivity index (χ0) is 16.3. The molecule has 118 valence electrons.